The summed E-state index contributed by atoms with van der Waals surface area (Å²) in [5, 5.41) is 17.7. The van der Waals surface area contributed by atoms with Crippen LogP contribution in [0.5, 0.6) is 5.75 Å². The fraction of sp³-hybridized carbons (Fsp3) is 0.500. The van der Waals surface area contributed by atoms with Gasteiger partial charge < -0.3 is 14.9 Å². The van der Waals surface area contributed by atoms with E-state index in [0.29, 0.717) is 18.1 Å². The molecule has 1 atom stereocenters. The summed E-state index contributed by atoms with van der Waals surface area (Å²) in [7, 11) is 0. The van der Waals surface area contributed by atoms with Gasteiger partial charge in [-0.2, -0.15) is 11.8 Å². The van der Waals surface area contributed by atoms with E-state index < -0.39 is 6.10 Å². The van der Waals surface area contributed by atoms with Crippen LogP contribution in [0.1, 0.15) is 6.42 Å². The molecule has 5 heteroatoms. The van der Waals surface area contributed by atoms with Crippen molar-refractivity contribution >= 4 is 11.8 Å². The lowest BCUT2D eigenvalue weighted by Crippen LogP contribution is -2.15. The van der Waals surface area contributed by atoms with Gasteiger partial charge in [0.25, 0.3) is 0 Å². The van der Waals surface area contributed by atoms with Gasteiger partial charge in [0.1, 0.15) is 11.6 Å². The molecule has 0 bridgehead atoms. The highest BCUT2D eigenvalue weighted by Gasteiger charge is 2.01. The fourth-order valence-electron chi connectivity index (χ4n) is 1.15. The maximum Gasteiger partial charge on any atom is 0.123 e. The molecule has 0 radical (unpaired) electrons. The van der Waals surface area contributed by atoms with Gasteiger partial charge in [0.05, 0.1) is 19.3 Å². The van der Waals surface area contributed by atoms with Crippen molar-refractivity contribution in [3.05, 3.63) is 30.1 Å². The van der Waals surface area contributed by atoms with Crippen LogP contribution in [0.25, 0.3) is 0 Å². The van der Waals surface area contributed by atoms with Crippen molar-refractivity contribution in [2.24, 2.45) is 0 Å². The number of halogens is 1. The second kappa shape index (κ2) is 8.33. The molecular formula is C12H17FO3S. The normalized spacial score (nSPS) is 12.4. The van der Waals surface area contributed by atoms with Crippen LogP contribution in [0.15, 0.2) is 24.3 Å². The molecule has 2 N–H and O–H groups in total. The molecule has 0 heterocycles. The number of aliphatic hydroxyl groups is 2. The highest BCUT2D eigenvalue weighted by Crippen LogP contribution is 2.12. The molecule has 0 spiro atoms. The zero-order valence-corrected chi connectivity index (χ0v) is 10.3. The van der Waals surface area contributed by atoms with E-state index in [9.17, 15) is 4.39 Å². The maximum atomic E-state index is 12.6. The van der Waals surface area contributed by atoms with Gasteiger partial charge >= 0.3 is 0 Å². The first-order chi connectivity index (χ1) is 8.22. The van der Waals surface area contributed by atoms with Crippen LogP contribution < -0.4 is 4.74 Å². The third-order valence-electron chi connectivity index (χ3n) is 2.04. The standard InChI is InChI=1S/C12H17FO3S/c13-10-2-4-12(5-3-10)16-6-1-7-17-9-11(15)8-14/h2-5,11,14-15H,1,6-9H2. The molecule has 0 saturated heterocycles. The van der Waals surface area contributed by atoms with E-state index >= 15 is 0 Å². The van der Waals surface area contributed by atoms with Crippen molar-refractivity contribution in [3.8, 4) is 5.75 Å². The predicted octanol–water partition coefficient (Wildman–Crippen LogP) is 1.68. The Morgan fingerprint density at radius 1 is 1.29 bits per heavy atom. The highest BCUT2D eigenvalue weighted by atomic mass is 32.2. The summed E-state index contributed by atoms with van der Waals surface area (Å²) in [6, 6.07) is 5.92. The van der Waals surface area contributed by atoms with Crippen molar-refractivity contribution in [1.82, 2.24) is 0 Å². The molecule has 0 aliphatic carbocycles. The van der Waals surface area contributed by atoms with E-state index in [0.717, 1.165) is 12.2 Å². The average Bonchev–Trinajstić information content (AvgIpc) is 2.35. The van der Waals surface area contributed by atoms with Crippen LogP contribution in [0.4, 0.5) is 4.39 Å². The molecule has 1 aromatic rings. The topological polar surface area (TPSA) is 49.7 Å². The molecule has 0 aliphatic rings. The van der Waals surface area contributed by atoms with Gasteiger partial charge in [0, 0.05) is 5.75 Å². The summed E-state index contributed by atoms with van der Waals surface area (Å²) in [5.41, 5.74) is 0. The summed E-state index contributed by atoms with van der Waals surface area (Å²) in [4.78, 5) is 0. The van der Waals surface area contributed by atoms with Crippen LogP contribution in [0, 0.1) is 5.82 Å². The van der Waals surface area contributed by atoms with Crippen LogP contribution in [-0.2, 0) is 0 Å². The van der Waals surface area contributed by atoms with Gasteiger partial charge in [-0.1, -0.05) is 0 Å². The molecule has 0 saturated carbocycles. The third kappa shape index (κ3) is 6.51. The van der Waals surface area contributed by atoms with Gasteiger partial charge in [-0.05, 0) is 36.4 Å². The number of aliphatic hydroxyl groups excluding tert-OH is 2. The minimum atomic E-state index is -0.641. The van der Waals surface area contributed by atoms with Crippen LogP contribution in [0.2, 0.25) is 0 Å². The quantitative estimate of drug-likeness (QED) is 0.698. The smallest absolute Gasteiger partial charge is 0.123 e. The monoisotopic (exact) mass is 260 g/mol. The molecule has 1 rings (SSSR count). The van der Waals surface area contributed by atoms with E-state index in [4.69, 9.17) is 14.9 Å². The second-order valence-electron chi connectivity index (χ2n) is 3.57. The Morgan fingerprint density at radius 3 is 2.65 bits per heavy atom. The number of ether oxygens (including phenoxy) is 1. The van der Waals surface area contributed by atoms with Gasteiger partial charge in [0.15, 0.2) is 0 Å². The zero-order valence-electron chi connectivity index (χ0n) is 9.51. The molecule has 1 aromatic carbocycles. The minimum Gasteiger partial charge on any atom is -0.494 e. The van der Waals surface area contributed by atoms with Gasteiger partial charge in [-0.15, -0.1) is 0 Å². The fourth-order valence-corrected chi connectivity index (χ4v) is 2.02. The first-order valence-electron chi connectivity index (χ1n) is 5.47. The van der Waals surface area contributed by atoms with Crippen molar-refractivity contribution in [2.45, 2.75) is 12.5 Å². The number of hydrogen-bond acceptors (Lipinski definition) is 4. The summed E-state index contributed by atoms with van der Waals surface area (Å²) in [6.45, 7) is 0.368. The van der Waals surface area contributed by atoms with Crippen molar-refractivity contribution in [1.29, 1.82) is 0 Å². The summed E-state index contributed by atoms with van der Waals surface area (Å²) < 4.78 is 18.0. The van der Waals surface area contributed by atoms with Crippen molar-refractivity contribution in [3.63, 3.8) is 0 Å². The Morgan fingerprint density at radius 2 is 2.00 bits per heavy atom. The third-order valence-corrected chi connectivity index (χ3v) is 3.23. The SMILES string of the molecule is OCC(O)CSCCCOc1ccc(F)cc1. The molecule has 96 valence electrons. The maximum absolute atomic E-state index is 12.6. The Labute approximate surface area is 105 Å². The van der Waals surface area contributed by atoms with Gasteiger partial charge in [-0.3, -0.25) is 0 Å². The first-order valence-corrected chi connectivity index (χ1v) is 6.63. The minimum absolute atomic E-state index is 0.195. The number of thioether (sulfide) groups is 1. The predicted molar refractivity (Wildman–Crippen MR) is 66.9 cm³/mol. The van der Waals surface area contributed by atoms with E-state index in [2.05, 4.69) is 0 Å². The molecule has 0 aliphatic heterocycles. The lowest BCUT2D eigenvalue weighted by atomic mass is 10.3. The van der Waals surface area contributed by atoms with E-state index in [1.165, 1.54) is 12.1 Å². The Kier molecular flexibility index (Phi) is 7.00. The molecular weight excluding hydrogens is 243 g/mol. The number of hydrogen-bond donors (Lipinski definition) is 2. The first kappa shape index (κ1) is 14.3. The summed E-state index contributed by atoms with van der Waals surface area (Å²) >= 11 is 1.57. The molecule has 0 fully saturated rings. The van der Waals surface area contributed by atoms with E-state index in [1.54, 1.807) is 23.9 Å². The number of rotatable bonds is 8. The largest absolute Gasteiger partial charge is 0.494 e. The Balaban J connectivity index is 2.02. The Bertz CT molecular complexity index is 305. The van der Waals surface area contributed by atoms with Crippen LogP contribution in [0.3, 0.4) is 0 Å². The second-order valence-corrected chi connectivity index (χ2v) is 4.72. The average molecular weight is 260 g/mol. The van der Waals surface area contributed by atoms with Crippen LogP contribution >= 0.6 is 11.8 Å². The van der Waals surface area contributed by atoms with Crippen molar-refractivity contribution < 1.29 is 19.3 Å². The molecule has 0 amide bonds. The van der Waals surface area contributed by atoms with Crippen LogP contribution in [-0.4, -0.2) is 41.0 Å². The van der Waals surface area contributed by atoms with E-state index in [1.807, 2.05) is 0 Å². The van der Waals surface area contributed by atoms with Gasteiger partial charge in [0.2, 0.25) is 0 Å². The van der Waals surface area contributed by atoms with Gasteiger partial charge in [-0.25, -0.2) is 4.39 Å². The van der Waals surface area contributed by atoms with Crippen molar-refractivity contribution in [2.75, 3.05) is 24.7 Å². The number of benzene rings is 1. The highest BCUT2D eigenvalue weighted by molar-refractivity contribution is 7.99. The molecule has 17 heavy (non-hydrogen) atoms. The molecule has 0 aromatic heterocycles. The summed E-state index contributed by atoms with van der Waals surface area (Å²) in [6.07, 6.45) is 0.207. The van der Waals surface area contributed by atoms with E-state index in [-0.39, 0.29) is 12.4 Å². The molecule has 1 unspecified atom stereocenters. The summed E-state index contributed by atoms with van der Waals surface area (Å²) in [5.74, 6) is 1.78. The zero-order chi connectivity index (χ0) is 12.5. The lowest BCUT2D eigenvalue weighted by Gasteiger charge is -2.07. The Hall–Kier alpha value is -0.780. The molecule has 3 nitrogen and oxygen atoms in total. The lowest BCUT2D eigenvalue weighted by molar-refractivity contribution is 0.113.